The molecule has 0 aromatic heterocycles. The maximum atomic E-state index is 11.0. The maximum absolute atomic E-state index is 11.0. The van der Waals surface area contributed by atoms with Crippen LogP contribution < -0.4 is 9.47 Å². The summed E-state index contributed by atoms with van der Waals surface area (Å²) < 4.78 is 10.7. The van der Waals surface area contributed by atoms with E-state index >= 15 is 0 Å². The van der Waals surface area contributed by atoms with Crippen LogP contribution in [-0.4, -0.2) is 31.1 Å². The van der Waals surface area contributed by atoms with Crippen molar-refractivity contribution in [2.45, 2.75) is 20.4 Å². The van der Waals surface area contributed by atoms with Crippen LogP contribution in [0.1, 0.15) is 18.1 Å². The standard InChI is InChI=1S/C13H17NO3/c1-9-4-12-13(17-8-16-12)5-11(9)7-14(3)6-10(2)15/h4-5H,6-8H2,1-3H3. The average Bonchev–Trinajstić information content (AvgIpc) is 2.63. The number of nitrogens with zero attached hydrogens (tertiary/aromatic N) is 1. The summed E-state index contributed by atoms with van der Waals surface area (Å²) in [6.07, 6.45) is 0. The van der Waals surface area contributed by atoms with Crippen LogP contribution in [0.2, 0.25) is 0 Å². The highest BCUT2D eigenvalue weighted by atomic mass is 16.7. The summed E-state index contributed by atoms with van der Waals surface area (Å²) in [6.45, 7) is 5.14. The third-order valence-corrected chi connectivity index (χ3v) is 2.76. The zero-order valence-electron chi connectivity index (χ0n) is 10.4. The first-order valence-electron chi connectivity index (χ1n) is 5.63. The van der Waals surface area contributed by atoms with Crippen LogP contribution in [0, 0.1) is 6.92 Å². The summed E-state index contributed by atoms with van der Waals surface area (Å²) in [6, 6.07) is 3.98. The minimum absolute atomic E-state index is 0.172. The van der Waals surface area contributed by atoms with Crippen molar-refractivity contribution in [1.29, 1.82) is 0 Å². The second kappa shape index (κ2) is 4.75. The lowest BCUT2D eigenvalue weighted by atomic mass is 10.1. The van der Waals surface area contributed by atoms with E-state index in [2.05, 4.69) is 0 Å². The number of fused-ring (bicyclic) bond motifs is 1. The summed E-state index contributed by atoms with van der Waals surface area (Å²) in [4.78, 5) is 13.0. The molecule has 0 aliphatic carbocycles. The molecular weight excluding hydrogens is 218 g/mol. The predicted octanol–water partition coefficient (Wildman–Crippen LogP) is 1.74. The van der Waals surface area contributed by atoms with Gasteiger partial charge in [0.1, 0.15) is 5.78 Å². The van der Waals surface area contributed by atoms with Gasteiger partial charge in [-0.25, -0.2) is 0 Å². The van der Waals surface area contributed by atoms with Crippen LogP contribution in [0.25, 0.3) is 0 Å². The van der Waals surface area contributed by atoms with Crippen LogP contribution in [0.5, 0.6) is 11.5 Å². The second-order valence-corrected chi connectivity index (χ2v) is 4.51. The van der Waals surface area contributed by atoms with Gasteiger partial charge in [0, 0.05) is 6.54 Å². The van der Waals surface area contributed by atoms with E-state index in [1.54, 1.807) is 6.92 Å². The van der Waals surface area contributed by atoms with E-state index in [-0.39, 0.29) is 5.78 Å². The first-order valence-corrected chi connectivity index (χ1v) is 5.63. The summed E-state index contributed by atoms with van der Waals surface area (Å²) in [5.41, 5.74) is 2.32. The number of benzene rings is 1. The second-order valence-electron chi connectivity index (χ2n) is 4.51. The first kappa shape index (κ1) is 11.9. The van der Waals surface area contributed by atoms with E-state index in [0.29, 0.717) is 13.3 Å². The Balaban J connectivity index is 2.13. The van der Waals surface area contributed by atoms with Crippen molar-refractivity contribution < 1.29 is 14.3 Å². The van der Waals surface area contributed by atoms with Gasteiger partial charge >= 0.3 is 0 Å². The smallest absolute Gasteiger partial charge is 0.231 e. The average molecular weight is 235 g/mol. The molecule has 17 heavy (non-hydrogen) atoms. The summed E-state index contributed by atoms with van der Waals surface area (Å²) in [5.74, 6) is 1.77. The number of carbonyl (C=O) groups is 1. The van der Waals surface area contributed by atoms with Crippen molar-refractivity contribution in [3.05, 3.63) is 23.3 Å². The highest BCUT2D eigenvalue weighted by Gasteiger charge is 2.16. The van der Waals surface area contributed by atoms with Crippen molar-refractivity contribution >= 4 is 5.78 Å². The van der Waals surface area contributed by atoms with Gasteiger partial charge in [0.25, 0.3) is 0 Å². The molecule has 1 heterocycles. The lowest BCUT2D eigenvalue weighted by Crippen LogP contribution is -2.24. The number of Topliss-reactive ketones (excluding diaryl/α,β-unsaturated/α-hetero) is 1. The number of aryl methyl sites for hydroxylation is 1. The van der Waals surface area contributed by atoms with E-state index < -0.39 is 0 Å². The molecule has 0 spiro atoms. The van der Waals surface area contributed by atoms with E-state index in [9.17, 15) is 4.79 Å². The van der Waals surface area contributed by atoms with Crippen molar-refractivity contribution in [1.82, 2.24) is 4.90 Å². The van der Waals surface area contributed by atoms with Crippen molar-refractivity contribution in [2.75, 3.05) is 20.4 Å². The molecule has 1 aromatic rings. The van der Waals surface area contributed by atoms with Crippen LogP contribution >= 0.6 is 0 Å². The van der Waals surface area contributed by atoms with Crippen molar-refractivity contribution in [2.24, 2.45) is 0 Å². The van der Waals surface area contributed by atoms with Gasteiger partial charge in [-0.3, -0.25) is 9.69 Å². The quantitative estimate of drug-likeness (QED) is 0.797. The molecule has 4 heteroatoms. The molecule has 1 aliphatic rings. The molecule has 1 aromatic carbocycles. The molecule has 0 unspecified atom stereocenters. The van der Waals surface area contributed by atoms with E-state index in [1.165, 1.54) is 0 Å². The Morgan fingerprint density at radius 2 is 2.00 bits per heavy atom. The third kappa shape index (κ3) is 2.77. The fourth-order valence-electron chi connectivity index (χ4n) is 1.98. The summed E-state index contributed by atoms with van der Waals surface area (Å²) >= 11 is 0. The molecule has 4 nitrogen and oxygen atoms in total. The first-order chi connectivity index (χ1) is 8.06. The zero-order chi connectivity index (χ0) is 12.4. The summed E-state index contributed by atoms with van der Waals surface area (Å²) in [5, 5.41) is 0. The molecule has 0 fully saturated rings. The highest BCUT2D eigenvalue weighted by molar-refractivity contribution is 5.77. The Kier molecular flexibility index (Phi) is 3.33. The molecule has 2 rings (SSSR count). The molecule has 0 N–H and O–H groups in total. The van der Waals surface area contributed by atoms with Gasteiger partial charge < -0.3 is 9.47 Å². The Morgan fingerprint density at radius 3 is 2.65 bits per heavy atom. The van der Waals surface area contributed by atoms with Gasteiger partial charge in [-0.1, -0.05) is 0 Å². The fourth-order valence-corrected chi connectivity index (χ4v) is 1.98. The van der Waals surface area contributed by atoms with Crippen molar-refractivity contribution in [3.63, 3.8) is 0 Å². The topological polar surface area (TPSA) is 38.8 Å². The number of likely N-dealkylation sites (N-methyl/N-ethyl adjacent to an activating group) is 1. The number of hydrogen-bond acceptors (Lipinski definition) is 4. The molecular formula is C13H17NO3. The van der Waals surface area contributed by atoms with Crippen LogP contribution in [-0.2, 0) is 11.3 Å². The van der Waals surface area contributed by atoms with Gasteiger partial charge in [0.15, 0.2) is 11.5 Å². The Hall–Kier alpha value is -1.55. The van der Waals surface area contributed by atoms with E-state index in [1.807, 2.05) is 31.0 Å². The lowest BCUT2D eigenvalue weighted by Gasteiger charge is -2.16. The zero-order valence-corrected chi connectivity index (χ0v) is 10.4. The van der Waals surface area contributed by atoms with Crippen LogP contribution in [0.4, 0.5) is 0 Å². The SMILES string of the molecule is CC(=O)CN(C)Cc1cc2c(cc1C)OCO2. The van der Waals surface area contributed by atoms with Crippen molar-refractivity contribution in [3.8, 4) is 11.5 Å². The molecule has 0 saturated heterocycles. The number of carbonyl (C=O) groups excluding carboxylic acids is 1. The molecule has 92 valence electrons. The van der Waals surface area contributed by atoms with Gasteiger partial charge in [-0.05, 0) is 44.2 Å². The number of ketones is 1. The maximum Gasteiger partial charge on any atom is 0.231 e. The van der Waals surface area contributed by atoms with E-state index in [0.717, 1.165) is 29.2 Å². The fraction of sp³-hybridized carbons (Fsp3) is 0.462. The molecule has 0 saturated carbocycles. The van der Waals surface area contributed by atoms with Crippen LogP contribution in [0.15, 0.2) is 12.1 Å². The van der Waals surface area contributed by atoms with Crippen LogP contribution in [0.3, 0.4) is 0 Å². The van der Waals surface area contributed by atoms with Gasteiger partial charge in [-0.15, -0.1) is 0 Å². The van der Waals surface area contributed by atoms with E-state index in [4.69, 9.17) is 9.47 Å². The molecule has 0 bridgehead atoms. The minimum Gasteiger partial charge on any atom is -0.454 e. The normalized spacial score (nSPS) is 13.2. The number of hydrogen-bond donors (Lipinski definition) is 0. The van der Waals surface area contributed by atoms with Gasteiger partial charge in [0.05, 0.1) is 6.54 Å². The molecule has 0 amide bonds. The predicted molar refractivity (Wildman–Crippen MR) is 64.3 cm³/mol. The molecule has 1 aliphatic heterocycles. The number of ether oxygens (including phenoxy) is 2. The Labute approximate surface area is 101 Å². The third-order valence-electron chi connectivity index (χ3n) is 2.76. The lowest BCUT2D eigenvalue weighted by molar-refractivity contribution is -0.117. The molecule has 0 radical (unpaired) electrons. The number of rotatable bonds is 4. The highest BCUT2D eigenvalue weighted by Crippen LogP contribution is 2.34. The van der Waals surface area contributed by atoms with Gasteiger partial charge in [0.2, 0.25) is 6.79 Å². The van der Waals surface area contributed by atoms with Gasteiger partial charge in [-0.2, -0.15) is 0 Å². The minimum atomic E-state index is 0.172. The largest absolute Gasteiger partial charge is 0.454 e. The molecule has 0 atom stereocenters. The Morgan fingerprint density at radius 1 is 1.35 bits per heavy atom. The summed E-state index contributed by atoms with van der Waals surface area (Å²) in [7, 11) is 1.94. The Bertz CT molecular complexity index is 443. The monoisotopic (exact) mass is 235 g/mol.